The molecule has 7 rings (SSSR count). The zero-order valence-electron chi connectivity index (χ0n) is 46.2. The largest absolute Gasteiger partial charge is 0.338 e. The fourth-order valence-corrected chi connectivity index (χ4v) is 10.8. The average molecular weight is 933 g/mol. The van der Waals surface area contributed by atoms with E-state index in [4.69, 9.17) is 0 Å². The molecular formula is C68H88N2. The second-order valence-corrected chi connectivity index (χ2v) is 24.7. The highest BCUT2D eigenvalue weighted by Gasteiger charge is 2.32. The molecule has 0 bridgehead atoms. The van der Waals surface area contributed by atoms with Crippen molar-refractivity contribution in [3.63, 3.8) is 0 Å². The topological polar surface area (TPSA) is 6.48 Å². The number of fused-ring (bicyclic) bond motifs is 2. The highest BCUT2D eigenvalue weighted by atomic mass is 15.2. The molecule has 0 N–H and O–H groups in total. The minimum atomic E-state index is -0.0132. The van der Waals surface area contributed by atoms with E-state index in [0.717, 1.165) is 56.9 Å². The molecule has 0 fully saturated rings. The van der Waals surface area contributed by atoms with Gasteiger partial charge in [-0.2, -0.15) is 0 Å². The molecule has 2 heteroatoms. The smallest absolute Gasteiger partial charge is 0.0522 e. The van der Waals surface area contributed by atoms with Crippen molar-refractivity contribution < 1.29 is 0 Å². The number of allylic oxidation sites excluding steroid dienone is 14. The predicted octanol–water partition coefficient (Wildman–Crippen LogP) is 20.3. The lowest BCUT2D eigenvalue weighted by atomic mass is 9.76. The van der Waals surface area contributed by atoms with Gasteiger partial charge in [0, 0.05) is 28.8 Å². The third-order valence-electron chi connectivity index (χ3n) is 15.5. The van der Waals surface area contributed by atoms with Crippen molar-refractivity contribution in [2.24, 2.45) is 22.2 Å². The van der Waals surface area contributed by atoms with E-state index in [-0.39, 0.29) is 27.7 Å². The zero-order chi connectivity index (χ0) is 50.8. The molecule has 3 unspecified atom stereocenters. The Labute approximate surface area is 426 Å². The maximum absolute atomic E-state index is 4.52. The molecule has 0 radical (unpaired) electrons. The van der Waals surface area contributed by atoms with Gasteiger partial charge in [0.15, 0.2) is 0 Å². The van der Waals surface area contributed by atoms with Crippen molar-refractivity contribution in [3.05, 3.63) is 174 Å². The van der Waals surface area contributed by atoms with E-state index >= 15 is 0 Å². The van der Waals surface area contributed by atoms with Crippen molar-refractivity contribution in [1.29, 1.82) is 0 Å². The van der Waals surface area contributed by atoms with Crippen LogP contribution in [0.3, 0.4) is 0 Å². The minimum absolute atomic E-state index is 0.0132. The van der Waals surface area contributed by atoms with Crippen LogP contribution in [0.25, 0.3) is 32.7 Å². The fourth-order valence-electron chi connectivity index (χ4n) is 10.8. The number of benzene rings is 4. The van der Waals surface area contributed by atoms with E-state index in [1.807, 2.05) is 0 Å². The molecule has 0 aromatic heterocycles. The standard InChI is InChI=1S/C68H88N2/c1-17-20-24-48(18-2)63-59-43-42-58(70(55-37-30-51(31-38-55)67(11,12)13)56-39-32-52(33-40-56)68(14,15)16)46-62(59)64(49-25-22-21-23-26-49)60-44-41-57(45-61(60)63)69(53(19-3)34-27-47(4)65(5,6)7)54-35-28-50(29-36-54)66(8,9)10/h18,20-22,24-25,27-30,32,34-38,41-46,51,53,56H,4,17,19,23,26,31,33,39-40H2,1-3,5-16H3/b24-20-,34-27-,48-18+. The average Bonchev–Trinajstić information content (AvgIpc) is 3.32. The molecule has 3 aliphatic rings. The molecule has 0 spiro atoms. The lowest BCUT2D eigenvalue weighted by Crippen LogP contribution is -2.37. The van der Waals surface area contributed by atoms with Crippen LogP contribution >= 0.6 is 0 Å². The summed E-state index contributed by atoms with van der Waals surface area (Å²) in [5, 5.41) is 5.25. The summed E-state index contributed by atoms with van der Waals surface area (Å²) in [5.74, 6) is 0.519. The molecule has 3 aliphatic carbocycles. The van der Waals surface area contributed by atoms with E-state index in [1.165, 1.54) is 72.1 Å². The summed E-state index contributed by atoms with van der Waals surface area (Å²) in [6.45, 7) is 39.2. The van der Waals surface area contributed by atoms with Crippen molar-refractivity contribution >= 4 is 49.8 Å². The summed E-state index contributed by atoms with van der Waals surface area (Å²) >= 11 is 0. The van der Waals surface area contributed by atoms with Gasteiger partial charge in [0.05, 0.1) is 6.04 Å². The Balaban J connectivity index is 1.52. The summed E-state index contributed by atoms with van der Waals surface area (Å²) in [6.07, 6.45) is 37.1. The molecule has 0 amide bonds. The van der Waals surface area contributed by atoms with Gasteiger partial charge in [-0.1, -0.05) is 206 Å². The lowest BCUT2D eigenvalue weighted by molar-refractivity contribution is 0.292. The predicted molar refractivity (Wildman–Crippen MR) is 312 cm³/mol. The summed E-state index contributed by atoms with van der Waals surface area (Å²) in [7, 11) is 0. The quantitative estimate of drug-likeness (QED) is 0.0749. The van der Waals surface area contributed by atoms with E-state index < -0.39 is 0 Å². The van der Waals surface area contributed by atoms with E-state index in [1.54, 1.807) is 5.57 Å². The highest BCUT2D eigenvalue weighted by molar-refractivity contribution is 6.18. The Morgan fingerprint density at radius 2 is 1.43 bits per heavy atom. The normalized spacial score (nSPS) is 19.0. The Morgan fingerprint density at radius 1 is 0.743 bits per heavy atom. The van der Waals surface area contributed by atoms with E-state index in [2.05, 4.69) is 254 Å². The maximum Gasteiger partial charge on any atom is 0.0522 e. The fraction of sp³-hybridized carbons (Fsp3) is 0.441. The second kappa shape index (κ2) is 21.2. The van der Waals surface area contributed by atoms with Crippen molar-refractivity contribution in [3.8, 4) is 0 Å². The zero-order valence-corrected chi connectivity index (χ0v) is 46.2. The van der Waals surface area contributed by atoms with Crippen molar-refractivity contribution in [2.45, 2.75) is 173 Å². The van der Waals surface area contributed by atoms with Gasteiger partial charge >= 0.3 is 0 Å². The van der Waals surface area contributed by atoms with Crippen LogP contribution in [-0.2, 0) is 5.41 Å². The Morgan fingerprint density at radius 3 is 1.99 bits per heavy atom. The first-order valence-electron chi connectivity index (χ1n) is 26.9. The van der Waals surface area contributed by atoms with Crippen molar-refractivity contribution in [2.75, 3.05) is 9.80 Å². The van der Waals surface area contributed by atoms with Gasteiger partial charge in [0.25, 0.3) is 0 Å². The Hall–Kier alpha value is -5.34. The van der Waals surface area contributed by atoms with Crippen LogP contribution in [0.5, 0.6) is 0 Å². The van der Waals surface area contributed by atoms with Gasteiger partial charge < -0.3 is 9.80 Å². The van der Waals surface area contributed by atoms with Gasteiger partial charge in [0.2, 0.25) is 0 Å². The molecule has 3 atom stereocenters. The van der Waals surface area contributed by atoms with Crippen LogP contribution in [0.1, 0.15) is 172 Å². The summed E-state index contributed by atoms with van der Waals surface area (Å²) in [4.78, 5) is 5.30. The molecular weight excluding hydrogens is 845 g/mol. The molecule has 0 aliphatic heterocycles. The molecule has 4 aromatic carbocycles. The number of hydrogen-bond donors (Lipinski definition) is 0. The molecule has 370 valence electrons. The lowest BCUT2D eigenvalue weighted by Gasteiger charge is -2.40. The van der Waals surface area contributed by atoms with Crippen LogP contribution in [-0.4, -0.2) is 12.1 Å². The molecule has 2 nitrogen and oxygen atoms in total. The van der Waals surface area contributed by atoms with Crippen molar-refractivity contribution in [1.82, 2.24) is 0 Å². The van der Waals surface area contributed by atoms with Crippen LogP contribution < -0.4 is 9.80 Å². The van der Waals surface area contributed by atoms with Gasteiger partial charge in [0.1, 0.15) is 0 Å². The number of nitrogens with zero attached hydrogens (tertiary/aromatic N) is 2. The SMILES string of the molecule is C=C(/C=C\C(CC)N(c1ccc(C(C)(C)C)cc1)c1ccc2c(C3=CC=CCC3)c3cc(N(C4=CCC(C(C)(C)C)C=C4)C4CC=C(C(C)(C)C)CC4)ccc3c(C(/C=C\CC)=C/C)c2c1)C(C)(C)C. The van der Waals surface area contributed by atoms with Crippen LogP contribution in [0, 0.1) is 22.2 Å². The van der Waals surface area contributed by atoms with E-state index in [9.17, 15) is 0 Å². The molecule has 0 heterocycles. The summed E-state index contributed by atoms with van der Waals surface area (Å²) in [5.41, 5.74) is 14.9. The number of rotatable bonds is 13. The third kappa shape index (κ3) is 11.5. The van der Waals surface area contributed by atoms with Gasteiger partial charge in [-0.25, -0.2) is 0 Å². The van der Waals surface area contributed by atoms with Crippen LogP contribution in [0.15, 0.2) is 157 Å². The molecule has 0 saturated heterocycles. The first kappa shape index (κ1) is 52.5. The maximum atomic E-state index is 4.52. The number of anilines is 3. The molecule has 0 saturated carbocycles. The summed E-state index contributed by atoms with van der Waals surface area (Å²) in [6, 6.07) is 24.7. The van der Waals surface area contributed by atoms with E-state index in [0.29, 0.717) is 12.0 Å². The van der Waals surface area contributed by atoms with Gasteiger partial charge in [-0.05, 0) is 178 Å². The first-order valence-corrected chi connectivity index (χ1v) is 26.9. The Kier molecular flexibility index (Phi) is 15.9. The van der Waals surface area contributed by atoms with Gasteiger partial charge in [-0.3, -0.25) is 0 Å². The summed E-state index contributed by atoms with van der Waals surface area (Å²) < 4.78 is 0. The monoisotopic (exact) mass is 933 g/mol. The third-order valence-corrected chi connectivity index (χ3v) is 15.5. The second-order valence-electron chi connectivity index (χ2n) is 24.7. The highest BCUT2D eigenvalue weighted by Crippen LogP contribution is 2.47. The molecule has 4 aromatic rings. The number of hydrogen-bond acceptors (Lipinski definition) is 2. The van der Waals surface area contributed by atoms with Crippen LogP contribution in [0.4, 0.5) is 17.1 Å². The Bertz CT molecular complexity index is 2790. The van der Waals surface area contributed by atoms with Crippen LogP contribution in [0.2, 0.25) is 0 Å². The first-order chi connectivity index (χ1) is 33.0. The molecule has 70 heavy (non-hydrogen) atoms. The van der Waals surface area contributed by atoms with Gasteiger partial charge in [-0.15, -0.1) is 0 Å². The minimum Gasteiger partial charge on any atom is -0.338 e.